The van der Waals surface area contributed by atoms with Crippen molar-refractivity contribution >= 4 is 17.5 Å². The number of benzene rings is 1. The number of carbonyl (C=O) groups excluding carboxylic acids is 1. The lowest BCUT2D eigenvalue weighted by Crippen LogP contribution is -2.43. The van der Waals surface area contributed by atoms with E-state index in [0.29, 0.717) is 17.3 Å². The van der Waals surface area contributed by atoms with E-state index >= 15 is 0 Å². The normalized spacial score (nSPS) is 10.7. The fourth-order valence-electron chi connectivity index (χ4n) is 2.11. The first-order chi connectivity index (χ1) is 9.62. The topological polar surface area (TPSA) is 49.8 Å². The summed E-state index contributed by atoms with van der Waals surface area (Å²) in [5, 5.41) is 9.72. The molecule has 112 valence electrons. The molecule has 4 nitrogen and oxygen atoms in total. The van der Waals surface area contributed by atoms with Crippen LogP contribution in [-0.2, 0) is 4.79 Å². The van der Waals surface area contributed by atoms with E-state index in [2.05, 4.69) is 0 Å². The zero-order valence-electron chi connectivity index (χ0n) is 12.0. The van der Waals surface area contributed by atoms with Crippen LogP contribution >= 0.6 is 11.6 Å². The van der Waals surface area contributed by atoms with Crippen molar-refractivity contribution in [2.45, 2.75) is 32.7 Å². The molecule has 0 heterocycles. The van der Waals surface area contributed by atoms with E-state index in [1.54, 1.807) is 29.2 Å². The van der Waals surface area contributed by atoms with Crippen molar-refractivity contribution in [2.24, 2.45) is 0 Å². The van der Waals surface area contributed by atoms with Crippen LogP contribution < -0.4 is 4.74 Å². The average molecular weight is 300 g/mol. The molecule has 0 aliphatic rings. The quantitative estimate of drug-likeness (QED) is 0.803. The fraction of sp³-hybridized carbons (Fsp3) is 0.533. The molecule has 1 rings (SSSR count). The smallest absolute Gasteiger partial charge is 0.260 e. The highest BCUT2D eigenvalue weighted by Gasteiger charge is 2.20. The molecule has 0 saturated carbocycles. The summed E-state index contributed by atoms with van der Waals surface area (Å²) in [5.74, 6) is 0.499. The first-order valence-electron chi connectivity index (χ1n) is 6.91. The summed E-state index contributed by atoms with van der Waals surface area (Å²) < 4.78 is 5.46. The molecular formula is C15H22ClNO3. The van der Waals surface area contributed by atoms with E-state index in [1.165, 1.54) is 0 Å². The Morgan fingerprint density at radius 1 is 1.30 bits per heavy atom. The number of nitrogens with zero attached hydrogens (tertiary/aromatic N) is 1. The maximum atomic E-state index is 12.2. The third-order valence-corrected chi connectivity index (χ3v) is 3.47. The minimum atomic E-state index is -0.109. The van der Waals surface area contributed by atoms with Crippen molar-refractivity contribution in [2.75, 3.05) is 19.8 Å². The lowest BCUT2D eigenvalue weighted by atomic mass is 10.1. The van der Waals surface area contributed by atoms with Crippen molar-refractivity contribution < 1.29 is 14.6 Å². The predicted octanol–water partition coefficient (Wildman–Crippen LogP) is 2.73. The van der Waals surface area contributed by atoms with Crippen LogP contribution in [0.4, 0.5) is 0 Å². The summed E-state index contributed by atoms with van der Waals surface area (Å²) in [6.45, 7) is 4.34. The van der Waals surface area contributed by atoms with Crippen LogP contribution in [0.25, 0.3) is 0 Å². The van der Waals surface area contributed by atoms with E-state index in [4.69, 9.17) is 21.4 Å². The molecular weight excluding hydrogens is 278 g/mol. The Hall–Kier alpha value is -1.26. The summed E-state index contributed by atoms with van der Waals surface area (Å²) in [4.78, 5) is 13.9. The van der Waals surface area contributed by atoms with Gasteiger partial charge in [-0.1, -0.05) is 25.4 Å². The van der Waals surface area contributed by atoms with Crippen molar-refractivity contribution in [3.05, 3.63) is 29.3 Å². The molecule has 0 aliphatic carbocycles. The molecule has 0 spiro atoms. The molecule has 5 heteroatoms. The van der Waals surface area contributed by atoms with Crippen LogP contribution in [0.15, 0.2) is 24.3 Å². The Morgan fingerprint density at radius 3 is 2.40 bits per heavy atom. The molecule has 20 heavy (non-hydrogen) atoms. The summed E-state index contributed by atoms with van der Waals surface area (Å²) >= 11 is 5.79. The number of aliphatic hydroxyl groups excluding tert-OH is 1. The van der Waals surface area contributed by atoms with Crippen molar-refractivity contribution in [1.29, 1.82) is 0 Å². The van der Waals surface area contributed by atoms with Gasteiger partial charge in [0.15, 0.2) is 6.61 Å². The highest BCUT2D eigenvalue weighted by atomic mass is 35.5. The van der Waals surface area contributed by atoms with Gasteiger partial charge in [0, 0.05) is 17.6 Å². The van der Waals surface area contributed by atoms with Crippen LogP contribution in [0, 0.1) is 0 Å². The van der Waals surface area contributed by atoms with Gasteiger partial charge in [0.1, 0.15) is 5.75 Å². The van der Waals surface area contributed by atoms with E-state index in [9.17, 15) is 4.79 Å². The molecule has 1 aromatic rings. The van der Waals surface area contributed by atoms with Gasteiger partial charge in [0.25, 0.3) is 5.91 Å². The predicted molar refractivity (Wildman–Crippen MR) is 80.1 cm³/mol. The van der Waals surface area contributed by atoms with Gasteiger partial charge in [-0.15, -0.1) is 0 Å². The highest BCUT2D eigenvalue weighted by Crippen LogP contribution is 2.16. The third kappa shape index (κ3) is 5.02. The van der Waals surface area contributed by atoms with Crippen LogP contribution in [0.5, 0.6) is 5.75 Å². The number of amides is 1. The van der Waals surface area contributed by atoms with Crippen molar-refractivity contribution in [1.82, 2.24) is 4.90 Å². The fourth-order valence-corrected chi connectivity index (χ4v) is 2.23. The Labute approximate surface area is 125 Å². The molecule has 1 N–H and O–H groups in total. The Balaban J connectivity index is 2.59. The second-order valence-corrected chi connectivity index (χ2v) is 4.96. The number of halogens is 1. The lowest BCUT2D eigenvalue weighted by Gasteiger charge is -2.29. The van der Waals surface area contributed by atoms with Crippen molar-refractivity contribution in [3.8, 4) is 5.75 Å². The van der Waals surface area contributed by atoms with Gasteiger partial charge in [-0.3, -0.25) is 4.79 Å². The first-order valence-corrected chi connectivity index (χ1v) is 7.28. The largest absolute Gasteiger partial charge is 0.484 e. The summed E-state index contributed by atoms with van der Waals surface area (Å²) in [6, 6.07) is 7.02. The van der Waals surface area contributed by atoms with Crippen LogP contribution in [0.2, 0.25) is 5.02 Å². The van der Waals surface area contributed by atoms with E-state index in [1.807, 2.05) is 13.8 Å². The highest BCUT2D eigenvalue weighted by molar-refractivity contribution is 6.30. The van der Waals surface area contributed by atoms with Gasteiger partial charge in [-0.25, -0.2) is 0 Å². The molecule has 0 bridgehead atoms. The summed E-state index contributed by atoms with van der Waals surface area (Å²) in [7, 11) is 0. The Morgan fingerprint density at radius 2 is 1.90 bits per heavy atom. The van der Waals surface area contributed by atoms with Gasteiger partial charge >= 0.3 is 0 Å². The minimum Gasteiger partial charge on any atom is -0.484 e. The number of rotatable bonds is 8. The summed E-state index contributed by atoms with van der Waals surface area (Å²) in [6.07, 6.45) is 1.73. The van der Waals surface area contributed by atoms with Crippen LogP contribution in [0.3, 0.4) is 0 Å². The SMILES string of the molecule is CCC(CC)N(CCO)C(=O)COc1ccc(Cl)cc1. The van der Waals surface area contributed by atoms with E-state index in [0.717, 1.165) is 12.8 Å². The van der Waals surface area contributed by atoms with E-state index in [-0.39, 0.29) is 25.2 Å². The Bertz CT molecular complexity index is 404. The number of hydrogen-bond acceptors (Lipinski definition) is 3. The minimum absolute atomic E-state index is 0.0296. The third-order valence-electron chi connectivity index (χ3n) is 3.22. The maximum Gasteiger partial charge on any atom is 0.260 e. The molecule has 0 unspecified atom stereocenters. The second-order valence-electron chi connectivity index (χ2n) is 4.52. The molecule has 0 aliphatic heterocycles. The van der Waals surface area contributed by atoms with Crippen LogP contribution in [-0.4, -0.2) is 41.7 Å². The molecule has 0 fully saturated rings. The van der Waals surface area contributed by atoms with Gasteiger partial charge < -0.3 is 14.7 Å². The maximum absolute atomic E-state index is 12.2. The molecule has 0 radical (unpaired) electrons. The monoisotopic (exact) mass is 299 g/mol. The summed E-state index contributed by atoms with van der Waals surface area (Å²) in [5.41, 5.74) is 0. The van der Waals surface area contributed by atoms with Gasteiger partial charge in [0.05, 0.1) is 6.61 Å². The second kappa shape index (κ2) is 8.82. The number of hydrogen-bond donors (Lipinski definition) is 1. The van der Waals surface area contributed by atoms with Crippen LogP contribution in [0.1, 0.15) is 26.7 Å². The van der Waals surface area contributed by atoms with Crippen molar-refractivity contribution in [3.63, 3.8) is 0 Å². The zero-order valence-corrected chi connectivity index (χ0v) is 12.8. The standard InChI is InChI=1S/C15H22ClNO3/c1-3-13(4-2)17(9-10-18)15(19)11-20-14-7-5-12(16)6-8-14/h5-8,13,18H,3-4,9-11H2,1-2H3. The molecule has 1 aromatic carbocycles. The zero-order chi connectivity index (χ0) is 15.0. The van der Waals surface area contributed by atoms with Gasteiger partial charge in [0.2, 0.25) is 0 Å². The molecule has 0 aromatic heterocycles. The number of carbonyl (C=O) groups is 1. The molecule has 0 saturated heterocycles. The molecule has 1 amide bonds. The average Bonchev–Trinajstić information content (AvgIpc) is 2.46. The number of aliphatic hydroxyl groups is 1. The van der Waals surface area contributed by atoms with Gasteiger partial charge in [-0.05, 0) is 37.1 Å². The number of ether oxygens (including phenoxy) is 1. The van der Waals surface area contributed by atoms with Gasteiger partial charge in [-0.2, -0.15) is 0 Å². The molecule has 0 atom stereocenters. The lowest BCUT2D eigenvalue weighted by molar-refractivity contribution is -0.136. The first kappa shape index (κ1) is 16.8. The Kier molecular flexibility index (Phi) is 7.41. The van der Waals surface area contributed by atoms with E-state index < -0.39 is 0 Å².